The summed E-state index contributed by atoms with van der Waals surface area (Å²) in [7, 11) is 0.577. The maximum absolute atomic E-state index is 6.21. The zero-order chi connectivity index (χ0) is 25.1. The fourth-order valence-corrected chi connectivity index (χ4v) is 7.63. The molecule has 5 rings (SSSR count). The quantitative estimate of drug-likeness (QED) is 0.340. The molecular formula is C33H43OP. The van der Waals surface area contributed by atoms with Crippen LogP contribution in [0.5, 0.6) is 0 Å². The summed E-state index contributed by atoms with van der Waals surface area (Å²) in [6.45, 7) is 16.5. The van der Waals surface area contributed by atoms with E-state index in [4.69, 9.17) is 4.74 Å². The van der Waals surface area contributed by atoms with Gasteiger partial charge in [0.1, 0.15) is 0 Å². The Balaban J connectivity index is 1.74. The number of methoxy groups -OCH3 is 1. The molecule has 0 fully saturated rings. The Bertz CT molecular complexity index is 1240. The molecule has 2 aliphatic rings. The monoisotopic (exact) mass is 486 g/mol. The summed E-state index contributed by atoms with van der Waals surface area (Å²) in [4.78, 5) is 0. The van der Waals surface area contributed by atoms with Gasteiger partial charge in [-0.3, -0.25) is 0 Å². The van der Waals surface area contributed by atoms with Crippen LogP contribution in [0, 0.1) is 5.92 Å². The van der Waals surface area contributed by atoms with Crippen LogP contribution in [0.15, 0.2) is 48.5 Å². The Morgan fingerprint density at radius 2 is 1.31 bits per heavy atom. The predicted octanol–water partition coefficient (Wildman–Crippen LogP) is 7.95. The SMILES string of the molecule is COC1c2c(c(-c3ccc(C(C)(C)C)cc3)c3c(c2-c2ccc([PH](C)(C)C)cc2)CCC3)CC1C. The van der Waals surface area contributed by atoms with Crippen molar-refractivity contribution < 1.29 is 4.74 Å². The van der Waals surface area contributed by atoms with Gasteiger partial charge in [-0.2, -0.15) is 0 Å². The minimum absolute atomic E-state index is 0.162. The zero-order valence-corrected chi connectivity index (χ0v) is 24.0. The predicted molar refractivity (Wildman–Crippen MR) is 156 cm³/mol. The molecular weight excluding hydrogens is 443 g/mol. The van der Waals surface area contributed by atoms with Gasteiger partial charge in [0.05, 0.1) is 0 Å². The van der Waals surface area contributed by atoms with Gasteiger partial charge in [0.15, 0.2) is 0 Å². The fraction of sp³-hybridized carbons (Fsp3) is 0.455. The van der Waals surface area contributed by atoms with Crippen LogP contribution in [-0.2, 0) is 29.4 Å². The zero-order valence-electron chi connectivity index (χ0n) is 23.0. The summed E-state index contributed by atoms with van der Waals surface area (Å²) in [6.07, 6.45) is 4.86. The van der Waals surface area contributed by atoms with E-state index < -0.39 is 7.26 Å². The average Bonchev–Trinajstić information content (AvgIpc) is 3.40. The first-order valence-corrected chi connectivity index (χ1v) is 17.0. The third-order valence-corrected chi connectivity index (χ3v) is 10.4. The van der Waals surface area contributed by atoms with Gasteiger partial charge >= 0.3 is 188 Å². The molecule has 0 N–H and O–H groups in total. The molecule has 0 saturated carbocycles. The Morgan fingerprint density at radius 3 is 1.86 bits per heavy atom. The van der Waals surface area contributed by atoms with Crippen molar-refractivity contribution in [3.05, 3.63) is 76.3 Å². The third kappa shape index (κ3) is 4.30. The normalized spacial score (nSPS) is 20.1. The van der Waals surface area contributed by atoms with Gasteiger partial charge in [-0.05, 0) is 5.41 Å². The number of benzene rings is 3. The number of hydrogen-bond acceptors (Lipinski definition) is 1. The molecule has 0 saturated heterocycles. The molecule has 35 heavy (non-hydrogen) atoms. The van der Waals surface area contributed by atoms with E-state index in [1.54, 1.807) is 11.1 Å². The van der Waals surface area contributed by atoms with Crippen LogP contribution >= 0.6 is 7.26 Å². The first-order valence-electron chi connectivity index (χ1n) is 13.5. The first kappa shape index (κ1) is 24.7. The average molecular weight is 487 g/mol. The molecule has 1 nitrogen and oxygen atoms in total. The second kappa shape index (κ2) is 8.86. The molecule has 0 radical (unpaired) electrons. The summed E-state index contributed by atoms with van der Waals surface area (Å²) in [5.41, 5.74) is 13.5. The van der Waals surface area contributed by atoms with E-state index in [0.717, 1.165) is 6.42 Å². The van der Waals surface area contributed by atoms with Crippen molar-refractivity contribution >= 4 is 12.6 Å². The van der Waals surface area contributed by atoms with Crippen molar-refractivity contribution in [1.82, 2.24) is 0 Å². The van der Waals surface area contributed by atoms with Crippen LogP contribution < -0.4 is 5.30 Å². The molecule has 0 spiro atoms. The van der Waals surface area contributed by atoms with Crippen LogP contribution in [0.2, 0.25) is 0 Å². The Morgan fingerprint density at radius 1 is 0.771 bits per heavy atom. The van der Waals surface area contributed by atoms with Crippen molar-refractivity contribution in [3.8, 4) is 22.3 Å². The van der Waals surface area contributed by atoms with Gasteiger partial charge in [0, 0.05) is 0 Å². The Hall–Kier alpha value is -1.95. The van der Waals surface area contributed by atoms with Crippen LogP contribution in [-0.4, -0.2) is 27.1 Å². The van der Waals surface area contributed by atoms with E-state index in [2.05, 4.69) is 96.2 Å². The van der Waals surface area contributed by atoms with Crippen molar-refractivity contribution in [2.24, 2.45) is 5.92 Å². The first-order chi connectivity index (χ1) is 16.5. The number of hydrogen-bond donors (Lipinski definition) is 0. The molecule has 0 bridgehead atoms. The van der Waals surface area contributed by atoms with Crippen molar-refractivity contribution in [2.45, 2.75) is 64.9 Å². The fourth-order valence-electron chi connectivity index (χ4n) is 6.47. The molecule has 2 heteroatoms. The van der Waals surface area contributed by atoms with E-state index in [0.29, 0.717) is 5.92 Å². The van der Waals surface area contributed by atoms with Gasteiger partial charge in [-0.25, -0.2) is 0 Å². The van der Waals surface area contributed by atoms with E-state index in [1.807, 2.05) is 7.11 Å². The standard InChI is InChI=1S/C33H43OP/c1-21-20-28-29(22-12-16-24(17-13-22)33(2,3)4)26-10-9-11-27(26)30(31(28)32(21)34-5)23-14-18-25(19-15-23)35(6,7)8/h12-19,21,32,35H,9-11,20H2,1-8H3. The van der Waals surface area contributed by atoms with Crippen LogP contribution in [0.25, 0.3) is 22.3 Å². The summed E-state index contributed by atoms with van der Waals surface area (Å²) < 4.78 is 6.21. The third-order valence-electron chi connectivity index (χ3n) is 8.38. The molecule has 3 aromatic carbocycles. The number of fused-ring (bicyclic) bond motifs is 2. The second-order valence-corrected chi connectivity index (χ2v) is 18.0. The molecule has 186 valence electrons. The van der Waals surface area contributed by atoms with E-state index in [9.17, 15) is 0 Å². The molecule has 2 atom stereocenters. The van der Waals surface area contributed by atoms with E-state index in [1.165, 1.54) is 63.5 Å². The van der Waals surface area contributed by atoms with Crippen LogP contribution in [0.4, 0.5) is 0 Å². The molecule has 3 aromatic rings. The van der Waals surface area contributed by atoms with Gasteiger partial charge < -0.3 is 0 Å². The van der Waals surface area contributed by atoms with Gasteiger partial charge in [-0.1, -0.05) is 20.8 Å². The van der Waals surface area contributed by atoms with Crippen LogP contribution in [0.3, 0.4) is 0 Å². The second-order valence-electron chi connectivity index (χ2n) is 12.9. The Labute approximate surface area is 213 Å². The van der Waals surface area contributed by atoms with Crippen molar-refractivity contribution in [1.29, 1.82) is 0 Å². The molecule has 0 aliphatic heterocycles. The van der Waals surface area contributed by atoms with Gasteiger partial charge in [-0.15, -0.1) is 0 Å². The van der Waals surface area contributed by atoms with E-state index in [-0.39, 0.29) is 11.5 Å². The molecule has 0 aromatic heterocycles. The maximum atomic E-state index is 6.21. The van der Waals surface area contributed by atoms with Gasteiger partial charge in [0.25, 0.3) is 0 Å². The molecule has 2 aliphatic carbocycles. The van der Waals surface area contributed by atoms with Crippen molar-refractivity contribution in [3.63, 3.8) is 0 Å². The number of rotatable bonds is 4. The minimum atomic E-state index is -1.33. The number of ether oxygens (including phenoxy) is 1. The van der Waals surface area contributed by atoms with Crippen molar-refractivity contribution in [2.75, 3.05) is 27.1 Å². The molecule has 2 unspecified atom stereocenters. The molecule has 0 heterocycles. The summed E-state index contributed by atoms with van der Waals surface area (Å²) in [5, 5.41) is 1.53. The Kier molecular flexibility index (Phi) is 6.26. The van der Waals surface area contributed by atoms with E-state index >= 15 is 0 Å². The summed E-state index contributed by atoms with van der Waals surface area (Å²) >= 11 is 0. The summed E-state index contributed by atoms with van der Waals surface area (Å²) in [6, 6.07) is 19.0. The topological polar surface area (TPSA) is 9.23 Å². The molecule has 0 amide bonds. The van der Waals surface area contributed by atoms with Crippen LogP contribution in [0.1, 0.15) is 68.0 Å². The van der Waals surface area contributed by atoms with Gasteiger partial charge in [0.2, 0.25) is 0 Å². The summed E-state index contributed by atoms with van der Waals surface area (Å²) in [5.74, 6) is 0.491.